The molecule has 1 aromatic carbocycles. The molecule has 1 saturated carbocycles. The van der Waals surface area contributed by atoms with Gasteiger partial charge in [0.25, 0.3) is 0 Å². The molecule has 0 radical (unpaired) electrons. The molecule has 20 heavy (non-hydrogen) atoms. The minimum absolute atomic E-state index is 0.00694. The lowest BCUT2D eigenvalue weighted by Gasteiger charge is -2.53. The summed E-state index contributed by atoms with van der Waals surface area (Å²) in [6.45, 7) is 4.22. The van der Waals surface area contributed by atoms with Gasteiger partial charge in [-0.1, -0.05) is 13.8 Å². The Balaban J connectivity index is 2.12. The van der Waals surface area contributed by atoms with Crippen LogP contribution in [0.5, 0.6) is 5.75 Å². The van der Waals surface area contributed by atoms with Crippen molar-refractivity contribution in [1.29, 1.82) is 0 Å². The minimum atomic E-state index is -0.866. The van der Waals surface area contributed by atoms with Crippen LogP contribution in [0.2, 0.25) is 0 Å². The van der Waals surface area contributed by atoms with Crippen LogP contribution in [0.15, 0.2) is 18.2 Å². The Morgan fingerprint density at radius 3 is 2.80 bits per heavy atom. The van der Waals surface area contributed by atoms with Crippen molar-refractivity contribution in [2.75, 3.05) is 7.05 Å². The van der Waals surface area contributed by atoms with Gasteiger partial charge in [0.15, 0.2) is 0 Å². The van der Waals surface area contributed by atoms with E-state index in [2.05, 4.69) is 19.2 Å². The van der Waals surface area contributed by atoms with Crippen LogP contribution >= 0.6 is 0 Å². The Hall–Kier alpha value is -1.69. The summed E-state index contributed by atoms with van der Waals surface area (Å²) in [4.78, 5) is 9.83. The minimum Gasteiger partial charge on any atom is -0.490 e. The molecular formula is C14H19FN2O3. The van der Waals surface area contributed by atoms with Crippen LogP contribution < -0.4 is 10.1 Å². The van der Waals surface area contributed by atoms with Gasteiger partial charge in [0.05, 0.1) is 4.92 Å². The maximum Gasteiger partial charge on any atom is 0.305 e. The first-order valence-electron chi connectivity index (χ1n) is 6.70. The monoisotopic (exact) mass is 282 g/mol. The summed E-state index contributed by atoms with van der Waals surface area (Å²) >= 11 is 0. The van der Waals surface area contributed by atoms with Crippen molar-refractivity contribution in [2.45, 2.75) is 38.8 Å². The van der Waals surface area contributed by atoms with Gasteiger partial charge in [-0.2, -0.15) is 4.39 Å². The summed E-state index contributed by atoms with van der Waals surface area (Å²) in [5, 5.41) is 13.8. The van der Waals surface area contributed by atoms with Crippen LogP contribution in [-0.2, 0) is 0 Å². The summed E-state index contributed by atoms with van der Waals surface area (Å²) in [7, 11) is 1.92. The summed E-state index contributed by atoms with van der Waals surface area (Å²) in [5.41, 5.74) is -0.537. The number of nitrogens with zero attached hydrogens (tertiary/aromatic N) is 1. The Bertz CT molecular complexity index is 523. The lowest BCUT2D eigenvalue weighted by molar-refractivity contribution is -0.387. The molecule has 0 heterocycles. The van der Waals surface area contributed by atoms with E-state index in [0.29, 0.717) is 11.8 Å². The van der Waals surface area contributed by atoms with Gasteiger partial charge >= 0.3 is 5.69 Å². The zero-order valence-electron chi connectivity index (χ0n) is 11.9. The van der Waals surface area contributed by atoms with Gasteiger partial charge in [-0.25, -0.2) is 0 Å². The molecule has 3 atom stereocenters. The van der Waals surface area contributed by atoms with Crippen molar-refractivity contribution < 1.29 is 14.1 Å². The van der Waals surface area contributed by atoms with E-state index in [9.17, 15) is 14.5 Å². The number of benzene rings is 1. The summed E-state index contributed by atoms with van der Waals surface area (Å²) in [6, 6.07) is 4.05. The number of nitrogens with one attached hydrogen (secondary N) is 1. The molecule has 0 aliphatic heterocycles. The Labute approximate surface area is 117 Å². The molecule has 3 unspecified atom stereocenters. The van der Waals surface area contributed by atoms with Crippen molar-refractivity contribution in [3.05, 3.63) is 34.1 Å². The molecule has 0 spiro atoms. The average Bonchev–Trinajstić information content (AvgIpc) is 2.41. The molecule has 1 aliphatic carbocycles. The smallest absolute Gasteiger partial charge is 0.305 e. The van der Waals surface area contributed by atoms with Crippen molar-refractivity contribution in [3.8, 4) is 5.75 Å². The second-order valence-corrected chi connectivity index (χ2v) is 5.41. The molecular weight excluding hydrogens is 263 g/mol. The highest BCUT2D eigenvalue weighted by Crippen LogP contribution is 2.46. The van der Waals surface area contributed by atoms with Crippen LogP contribution in [0.4, 0.5) is 10.1 Å². The molecule has 1 aromatic rings. The second-order valence-electron chi connectivity index (χ2n) is 5.41. The highest BCUT2D eigenvalue weighted by molar-refractivity contribution is 5.38. The molecule has 110 valence electrons. The number of hydrogen-bond donors (Lipinski definition) is 1. The van der Waals surface area contributed by atoms with Crippen molar-refractivity contribution in [3.63, 3.8) is 0 Å². The van der Waals surface area contributed by atoms with Gasteiger partial charge in [-0.3, -0.25) is 10.1 Å². The summed E-state index contributed by atoms with van der Waals surface area (Å²) in [5.74, 6) is -0.525. The van der Waals surface area contributed by atoms with Gasteiger partial charge in [0, 0.05) is 30.0 Å². The first-order valence-corrected chi connectivity index (χ1v) is 6.70. The fourth-order valence-electron chi connectivity index (χ4n) is 2.79. The quantitative estimate of drug-likeness (QED) is 0.666. The number of rotatable bonds is 5. The predicted molar refractivity (Wildman–Crippen MR) is 73.3 cm³/mol. The van der Waals surface area contributed by atoms with E-state index >= 15 is 0 Å². The molecule has 0 bridgehead atoms. The van der Waals surface area contributed by atoms with Crippen molar-refractivity contribution in [1.82, 2.24) is 5.32 Å². The predicted octanol–water partition coefficient (Wildman–Crippen LogP) is 2.89. The molecule has 5 nitrogen and oxygen atoms in total. The maximum absolute atomic E-state index is 13.6. The topological polar surface area (TPSA) is 64.4 Å². The van der Waals surface area contributed by atoms with Crippen LogP contribution in [0.3, 0.4) is 0 Å². The lowest BCUT2D eigenvalue weighted by atomic mass is 9.61. The summed E-state index contributed by atoms with van der Waals surface area (Å²) < 4.78 is 19.4. The maximum atomic E-state index is 13.6. The lowest BCUT2D eigenvalue weighted by Crippen LogP contribution is -2.62. The first-order chi connectivity index (χ1) is 9.42. The third kappa shape index (κ3) is 2.35. The highest BCUT2D eigenvalue weighted by Gasteiger charge is 2.51. The van der Waals surface area contributed by atoms with E-state index in [4.69, 9.17) is 4.74 Å². The van der Waals surface area contributed by atoms with Gasteiger partial charge in [0.1, 0.15) is 11.9 Å². The standard InChI is InChI=1S/C14H19FN2O3/c1-4-14(2)12(16-3)8-13(14)20-9-5-6-11(17(18)19)10(15)7-9/h5-7,12-13,16H,4,8H2,1-3H3. The third-order valence-corrected chi connectivity index (χ3v) is 4.49. The molecule has 1 aliphatic rings. The van der Waals surface area contributed by atoms with E-state index in [0.717, 1.165) is 25.0 Å². The van der Waals surface area contributed by atoms with Gasteiger partial charge in [-0.05, 0) is 19.5 Å². The highest BCUT2D eigenvalue weighted by atomic mass is 19.1. The van der Waals surface area contributed by atoms with E-state index in [1.54, 1.807) is 0 Å². The van der Waals surface area contributed by atoms with Crippen LogP contribution in [0.1, 0.15) is 26.7 Å². The van der Waals surface area contributed by atoms with Gasteiger partial charge in [-0.15, -0.1) is 0 Å². The third-order valence-electron chi connectivity index (χ3n) is 4.49. The second kappa shape index (κ2) is 5.36. The molecule has 0 saturated heterocycles. The Kier molecular flexibility index (Phi) is 3.94. The number of ether oxygens (including phenoxy) is 1. The molecule has 1 fully saturated rings. The van der Waals surface area contributed by atoms with Gasteiger partial charge < -0.3 is 10.1 Å². The average molecular weight is 282 g/mol. The number of nitro benzene ring substituents is 1. The van der Waals surface area contributed by atoms with Crippen LogP contribution in [0.25, 0.3) is 0 Å². The van der Waals surface area contributed by atoms with E-state index < -0.39 is 16.4 Å². The van der Waals surface area contributed by atoms with Crippen LogP contribution in [-0.4, -0.2) is 24.1 Å². The number of halogens is 1. The molecule has 2 rings (SSSR count). The Morgan fingerprint density at radius 2 is 2.30 bits per heavy atom. The first kappa shape index (κ1) is 14.7. The zero-order valence-corrected chi connectivity index (χ0v) is 11.9. The fourth-order valence-corrected chi connectivity index (χ4v) is 2.79. The normalized spacial score (nSPS) is 28.8. The SMILES string of the molecule is CCC1(C)C(NC)CC1Oc1ccc([N+](=O)[O-])c(F)c1. The largest absolute Gasteiger partial charge is 0.490 e. The number of hydrogen-bond acceptors (Lipinski definition) is 4. The molecule has 0 amide bonds. The zero-order chi connectivity index (χ0) is 14.9. The Morgan fingerprint density at radius 1 is 1.60 bits per heavy atom. The molecule has 6 heteroatoms. The fraction of sp³-hybridized carbons (Fsp3) is 0.571. The summed E-state index contributed by atoms with van der Waals surface area (Å²) in [6.07, 6.45) is 1.78. The molecule has 0 aromatic heterocycles. The van der Waals surface area contributed by atoms with E-state index in [-0.39, 0.29) is 11.5 Å². The number of nitro groups is 1. The van der Waals surface area contributed by atoms with Gasteiger partial charge in [0.2, 0.25) is 5.82 Å². The molecule has 1 N–H and O–H groups in total. The van der Waals surface area contributed by atoms with E-state index in [1.165, 1.54) is 6.07 Å². The van der Waals surface area contributed by atoms with Crippen molar-refractivity contribution in [2.24, 2.45) is 5.41 Å². The van der Waals surface area contributed by atoms with Crippen molar-refractivity contribution >= 4 is 5.69 Å². The van der Waals surface area contributed by atoms with E-state index in [1.807, 2.05) is 7.05 Å². The van der Waals surface area contributed by atoms with Crippen LogP contribution in [0, 0.1) is 21.3 Å².